The zero-order valence-electron chi connectivity index (χ0n) is 16.2. The van der Waals surface area contributed by atoms with Crippen LogP contribution < -0.4 is 20.9 Å². The molecular weight excluding hydrogens is 358 g/mol. The largest absolute Gasteiger partial charge is 0.483 e. The van der Waals surface area contributed by atoms with Crippen LogP contribution in [0.15, 0.2) is 48.5 Å². The number of rotatable bonds is 7. The molecule has 0 aromatic heterocycles. The molecule has 3 amide bonds. The summed E-state index contributed by atoms with van der Waals surface area (Å²) in [6.07, 6.45) is -0.0123. The topological polar surface area (TPSA) is 96.5 Å². The van der Waals surface area contributed by atoms with Crippen molar-refractivity contribution in [3.05, 3.63) is 65.2 Å². The summed E-state index contributed by atoms with van der Waals surface area (Å²) in [5, 5.41) is 2.74. The number of hydrogen-bond donors (Lipinski definition) is 3. The van der Waals surface area contributed by atoms with Gasteiger partial charge in [0.15, 0.2) is 6.61 Å². The molecule has 1 atom stereocenters. The molecule has 3 N–H and O–H groups in total. The van der Waals surface area contributed by atoms with Gasteiger partial charge >= 0.3 is 0 Å². The second-order valence-electron chi connectivity index (χ2n) is 6.47. The van der Waals surface area contributed by atoms with Gasteiger partial charge in [0.25, 0.3) is 5.91 Å². The highest BCUT2D eigenvalue weighted by molar-refractivity contribution is 5.83. The van der Waals surface area contributed by atoms with Gasteiger partial charge in [0.1, 0.15) is 5.75 Å². The maximum absolute atomic E-state index is 12.2. The second kappa shape index (κ2) is 10.1. The molecule has 148 valence electrons. The van der Waals surface area contributed by atoms with E-state index >= 15 is 0 Å². The first-order valence-corrected chi connectivity index (χ1v) is 8.95. The Morgan fingerprint density at radius 2 is 1.50 bits per heavy atom. The normalized spacial score (nSPS) is 11.2. The van der Waals surface area contributed by atoms with Crippen LogP contribution in [0.1, 0.15) is 36.1 Å². The van der Waals surface area contributed by atoms with E-state index in [1.807, 2.05) is 62.4 Å². The lowest BCUT2D eigenvalue weighted by Crippen LogP contribution is -2.45. The number of nitrogens with one attached hydrogen (secondary N) is 3. The highest BCUT2D eigenvalue weighted by Gasteiger charge is 2.17. The Hall–Kier alpha value is -3.35. The molecule has 0 spiro atoms. The van der Waals surface area contributed by atoms with Crippen LogP contribution >= 0.6 is 0 Å². The smallest absolute Gasteiger partial charge is 0.276 e. The molecule has 0 unspecified atom stereocenters. The van der Waals surface area contributed by atoms with E-state index in [-0.39, 0.29) is 18.9 Å². The van der Waals surface area contributed by atoms with Crippen LogP contribution in [0.25, 0.3) is 0 Å². The quantitative estimate of drug-likeness (QED) is 0.638. The number of carbonyl (C=O) groups excluding carboxylic acids is 3. The Morgan fingerprint density at radius 3 is 2.11 bits per heavy atom. The Labute approximate surface area is 164 Å². The van der Waals surface area contributed by atoms with Gasteiger partial charge in [-0.3, -0.25) is 25.2 Å². The predicted octanol–water partition coefficient (Wildman–Crippen LogP) is 2.10. The number of hydrogen-bond acceptors (Lipinski definition) is 4. The van der Waals surface area contributed by atoms with Crippen molar-refractivity contribution in [2.24, 2.45) is 0 Å². The van der Waals surface area contributed by atoms with Gasteiger partial charge in [-0.05, 0) is 30.5 Å². The van der Waals surface area contributed by atoms with E-state index in [1.54, 1.807) is 0 Å². The Morgan fingerprint density at radius 1 is 0.893 bits per heavy atom. The highest BCUT2D eigenvalue weighted by atomic mass is 16.5. The number of para-hydroxylation sites is 1. The SMILES string of the molecule is CC(=O)N[C@H](CC(=O)NNC(=O)COc1c(C)cccc1C)c1ccccc1. The minimum atomic E-state index is -0.485. The predicted molar refractivity (Wildman–Crippen MR) is 105 cm³/mol. The summed E-state index contributed by atoms with van der Waals surface area (Å²) in [4.78, 5) is 35.6. The van der Waals surface area contributed by atoms with Crippen molar-refractivity contribution in [3.63, 3.8) is 0 Å². The van der Waals surface area contributed by atoms with Gasteiger partial charge in [-0.1, -0.05) is 48.5 Å². The third kappa shape index (κ3) is 6.42. The summed E-state index contributed by atoms with van der Waals surface area (Å²) in [6, 6.07) is 14.4. The molecule has 0 aliphatic carbocycles. The fourth-order valence-electron chi connectivity index (χ4n) is 2.76. The average molecular weight is 383 g/mol. The molecule has 7 nitrogen and oxygen atoms in total. The fourth-order valence-corrected chi connectivity index (χ4v) is 2.76. The first-order valence-electron chi connectivity index (χ1n) is 8.95. The lowest BCUT2D eigenvalue weighted by molar-refractivity contribution is -0.130. The summed E-state index contributed by atoms with van der Waals surface area (Å²) in [5.74, 6) is -0.499. The second-order valence-corrected chi connectivity index (χ2v) is 6.47. The lowest BCUT2D eigenvalue weighted by atomic mass is 10.0. The van der Waals surface area contributed by atoms with E-state index in [4.69, 9.17) is 4.74 Å². The third-order valence-electron chi connectivity index (χ3n) is 4.07. The Kier molecular flexibility index (Phi) is 7.56. The van der Waals surface area contributed by atoms with Crippen molar-refractivity contribution in [1.29, 1.82) is 0 Å². The monoisotopic (exact) mass is 383 g/mol. The molecule has 2 aromatic rings. The first-order chi connectivity index (χ1) is 13.4. The molecule has 2 rings (SSSR count). The molecule has 0 fully saturated rings. The maximum Gasteiger partial charge on any atom is 0.276 e. The van der Waals surface area contributed by atoms with Gasteiger partial charge in [0.05, 0.1) is 12.5 Å². The third-order valence-corrected chi connectivity index (χ3v) is 4.07. The van der Waals surface area contributed by atoms with Crippen LogP contribution in [-0.2, 0) is 14.4 Å². The molecule has 28 heavy (non-hydrogen) atoms. The van der Waals surface area contributed by atoms with E-state index in [0.717, 1.165) is 16.7 Å². The zero-order chi connectivity index (χ0) is 20.5. The van der Waals surface area contributed by atoms with Crippen LogP contribution in [-0.4, -0.2) is 24.3 Å². The van der Waals surface area contributed by atoms with Crippen LogP contribution in [0.5, 0.6) is 5.75 Å². The number of hydrazine groups is 1. The summed E-state index contributed by atoms with van der Waals surface area (Å²) >= 11 is 0. The van der Waals surface area contributed by atoms with Crippen molar-refractivity contribution < 1.29 is 19.1 Å². The molecule has 0 aliphatic heterocycles. The molecule has 0 saturated heterocycles. The lowest BCUT2D eigenvalue weighted by Gasteiger charge is -2.18. The van der Waals surface area contributed by atoms with E-state index < -0.39 is 17.9 Å². The van der Waals surface area contributed by atoms with Crippen molar-refractivity contribution in [2.75, 3.05) is 6.61 Å². The summed E-state index contributed by atoms with van der Waals surface area (Å²) in [6.45, 7) is 4.96. The summed E-state index contributed by atoms with van der Waals surface area (Å²) in [5.41, 5.74) is 7.34. The molecule has 0 heterocycles. The van der Waals surface area contributed by atoms with Crippen molar-refractivity contribution in [3.8, 4) is 5.75 Å². The van der Waals surface area contributed by atoms with E-state index in [9.17, 15) is 14.4 Å². The Bertz CT molecular complexity index is 817. The number of carbonyl (C=O) groups is 3. The van der Waals surface area contributed by atoms with Gasteiger partial charge in [-0.25, -0.2) is 0 Å². The van der Waals surface area contributed by atoms with Gasteiger partial charge in [0.2, 0.25) is 11.8 Å². The minimum Gasteiger partial charge on any atom is -0.483 e. The standard InChI is InChI=1S/C21H25N3O4/c1-14-8-7-9-15(2)21(14)28-13-20(27)24-23-19(26)12-18(22-16(3)25)17-10-5-4-6-11-17/h4-11,18H,12-13H2,1-3H3,(H,22,25)(H,23,26)(H,24,27)/t18-/m1/s1. The van der Waals surface area contributed by atoms with Crippen LogP contribution in [0, 0.1) is 13.8 Å². The molecule has 0 radical (unpaired) electrons. The first kappa shape index (κ1) is 21.0. The molecular formula is C21H25N3O4. The van der Waals surface area contributed by atoms with Crippen LogP contribution in [0.2, 0.25) is 0 Å². The van der Waals surface area contributed by atoms with E-state index in [0.29, 0.717) is 5.75 Å². The van der Waals surface area contributed by atoms with Crippen LogP contribution in [0.4, 0.5) is 0 Å². The van der Waals surface area contributed by atoms with Gasteiger partial charge < -0.3 is 10.1 Å². The van der Waals surface area contributed by atoms with Gasteiger partial charge in [-0.15, -0.1) is 0 Å². The van der Waals surface area contributed by atoms with E-state index in [2.05, 4.69) is 16.2 Å². The molecule has 0 saturated carbocycles. The fraction of sp³-hybridized carbons (Fsp3) is 0.286. The molecule has 0 bridgehead atoms. The van der Waals surface area contributed by atoms with Crippen molar-refractivity contribution in [2.45, 2.75) is 33.2 Å². The maximum atomic E-state index is 12.2. The number of ether oxygens (including phenoxy) is 1. The minimum absolute atomic E-state index is 0.0123. The van der Waals surface area contributed by atoms with E-state index in [1.165, 1.54) is 6.92 Å². The summed E-state index contributed by atoms with van der Waals surface area (Å²) < 4.78 is 5.54. The number of amides is 3. The van der Waals surface area contributed by atoms with Crippen LogP contribution in [0.3, 0.4) is 0 Å². The highest BCUT2D eigenvalue weighted by Crippen LogP contribution is 2.22. The number of benzene rings is 2. The van der Waals surface area contributed by atoms with Crippen molar-refractivity contribution in [1.82, 2.24) is 16.2 Å². The number of aryl methyl sites for hydroxylation is 2. The summed E-state index contributed by atoms with van der Waals surface area (Å²) in [7, 11) is 0. The van der Waals surface area contributed by atoms with Gasteiger partial charge in [0, 0.05) is 6.92 Å². The van der Waals surface area contributed by atoms with Crippen molar-refractivity contribution >= 4 is 17.7 Å². The zero-order valence-corrected chi connectivity index (χ0v) is 16.2. The average Bonchev–Trinajstić information content (AvgIpc) is 2.66. The molecule has 7 heteroatoms. The molecule has 0 aliphatic rings. The van der Waals surface area contributed by atoms with Gasteiger partial charge in [-0.2, -0.15) is 0 Å². The molecule has 2 aromatic carbocycles. The Balaban J connectivity index is 1.84.